The molecule has 0 aliphatic heterocycles. The van der Waals surface area contributed by atoms with Crippen LogP contribution in [0.15, 0.2) is 84.9 Å². The molecular weight excluding hydrogens is 566 g/mol. The number of hydrogen-bond acceptors (Lipinski definition) is 0. The van der Waals surface area contributed by atoms with Crippen molar-refractivity contribution in [2.45, 2.75) is 12.8 Å². The van der Waals surface area contributed by atoms with E-state index in [9.17, 15) is 0 Å². The second-order valence-electron chi connectivity index (χ2n) is 6.75. The average Bonchev–Trinajstić information content (AvgIpc) is 3.38. The Morgan fingerprint density at radius 1 is 0.500 bits per heavy atom. The van der Waals surface area contributed by atoms with Crippen molar-refractivity contribution >= 4 is 21.5 Å². The molecule has 0 nitrogen and oxygen atoms in total. The summed E-state index contributed by atoms with van der Waals surface area (Å²) in [4.78, 5) is 0. The van der Waals surface area contributed by atoms with Gasteiger partial charge in [0.1, 0.15) is 0 Å². The zero-order chi connectivity index (χ0) is 17.3. The van der Waals surface area contributed by atoms with Crippen molar-refractivity contribution in [3.05, 3.63) is 119 Å². The van der Waals surface area contributed by atoms with Crippen LogP contribution in [0.5, 0.6) is 0 Å². The molecule has 0 heterocycles. The molecule has 4 aromatic carbocycles. The molecule has 4 aromatic rings. The Labute approximate surface area is 228 Å². The van der Waals surface area contributed by atoms with Gasteiger partial charge in [-0.05, 0) is 0 Å². The summed E-state index contributed by atoms with van der Waals surface area (Å²) >= 11 is 0. The summed E-state index contributed by atoms with van der Waals surface area (Å²) in [6.07, 6.45) is 12.9. The maximum atomic E-state index is 3.32. The largest absolute Gasteiger partial charge is 2.00 e. The Morgan fingerprint density at radius 3 is 1.33 bits per heavy atom. The van der Waals surface area contributed by atoms with Gasteiger partial charge in [-0.3, -0.25) is 0 Å². The number of hydrogen-bond donors (Lipinski definition) is 0. The standard InChI is InChI=1S/2C13H9.2ClH.2Zr/c2*1-2-6-12-10(4-1)8-9-11-5-3-7-13(11)12;;;;/h2*1-4,6,8-9H,5H2;2*1H;;/q2*-1;;;2*+2/p-2. The molecule has 0 saturated heterocycles. The molecule has 0 fully saturated rings. The fourth-order valence-electron chi connectivity index (χ4n) is 3.84. The van der Waals surface area contributed by atoms with Gasteiger partial charge < -0.3 is 24.8 Å². The third kappa shape index (κ3) is 5.34. The van der Waals surface area contributed by atoms with Gasteiger partial charge in [0.25, 0.3) is 0 Å². The van der Waals surface area contributed by atoms with Crippen LogP contribution < -0.4 is 24.8 Å². The average molecular weight is 584 g/mol. The van der Waals surface area contributed by atoms with E-state index in [-0.39, 0.29) is 77.2 Å². The molecule has 0 saturated carbocycles. The maximum absolute atomic E-state index is 3.32. The molecule has 0 unspecified atom stereocenters. The van der Waals surface area contributed by atoms with Crippen molar-refractivity contribution in [1.82, 2.24) is 0 Å². The van der Waals surface area contributed by atoms with Crippen molar-refractivity contribution in [2.75, 3.05) is 0 Å². The van der Waals surface area contributed by atoms with Crippen LogP contribution in [0.3, 0.4) is 0 Å². The van der Waals surface area contributed by atoms with Crippen LogP contribution >= 0.6 is 0 Å². The smallest absolute Gasteiger partial charge is 1.00 e. The van der Waals surface area contributed by atoms with E-state index in [1.807, 2.05) is 0 Å². The van der Waals surface area contributed by atoms with Crippen LogP contribution in [0.4, 0.5) is 0 Å². The first-order chi connectivity index (χ1) is 12.9. The first-order valence-electron chi connectivity index (χ1n) is 9.08. The molecule has 144 valence electrons. The van der Waals surface area contributed by atoms with Crippen LogP contribution in [-0.4, -0.2) is 0 Å². The first kappa shape index (κ1) is 27.3. The molecule has 0 spiro atoms. The van der Waals surface area contributed by atoms with Crippen molar-refractivity contribution < 1.29 is 77.2 Å². The van der Waals surface area contributed by atoms with E-state index in [0.29, 0.717) is 0 Å². The fourth-order valence-corrected chi connectivity index (χ4v) is 3.84. The summed E-state index contributed by atoms with van der Waals surface area (Å²) in [5, 5.41) is 5.27. The molecule has 0 aromatic heterocycles. The summed E-state index contributed by atoms with van der Waals surface area (Å²) < 4.78 is 0. The molecule has 0 bridgehead atoms. The van der Waals surface area contributed by atoms with E-state index < -0.39 is 0 Å². The van der Waals surface area contributed by atoms with Crippen LogP contribution in [-0.2, 0) is 65.2 Å². The Morgan fingerprint density at radius 2 is 0.900 bits per heavy atom. The van der Waals surface area contributed by atoms with Crippen LogP contribution in [0, 0.1) is 12.2 Å². The molecule has 0 atom stereocenters. The molecule has 4 heteroatoms. The van der Waals surface area contributed by atoms with E-state index in [1.54, 1.807) is 0 Å². The summed E-state index contributed by atoms with van der Waals surface area (Å²) in [5.74, 6) is 0. The monoisotopic (exact) mass is 580 g/mol. The number of fused-ring (bicyclic) bond motifs is 6. The minimum absolute atomic E-state index is 0. The number of halogens is 2. The normalized spacial score (nSPS) is 11.7. The van der Waals surface area contributed by atoms with Crippen molar-refractivity contribution in [3.8, 4) is 0 Å². The number of rotatable bonds is 0. The number of allylic oxidation sites excluding steroid dienone is 2. The van der Waals surface area contributed by atoms with E-state index in [1.165, 1.54) is 43.8 Å². The third-order valence-corrected chi connectivity index (χ3v) is 5.17. The van der Waals surface area contributed by atoms with Crippen molar-refractivity contribution in [1.29, 1.82) is 0 Å². The zero-order valence-electron chi connectivity index (χ0n) is 16.3. The molecule has 0 N–H and O–H groups in total. The van der Waals surface area contributed by atoms with Gasteiger partial charge in [-0.15, -0.1) is 46.2 Å². The van der Waals surface area contributed by atoms with Crippen molar-refractivity contribution in [2.24, 2.45) is 0 Å². The topological polar surface area (TPSA) is 0 Å². The fraction of sp³-hybridized carbons (Fsp3) is 0.0769. The SMILES string of the molecule is [C-]1=CCc2ccc3ccccc3c21.[C-]1=CCc2ccc3ccccc3c21.[Cl-].[Cl-].[Zr+2].[Zr+2]. The summed E-state index contributed by atoms with van der Waals surface area (Å²) in [6.45, 7) is 0. The van der Waals surface area contributed by atoms with E-state index >= 15 is 0 Å². The third-order valence-electron chi connectivity index (χ3n) is 5.17. The van der Waals surface area contributed by atoms with Crippen LogP contribution in [0.25, 0.3) is 21.5 Å². The minimum atomic E-state index is 0. The Hall–Kier alpha value is -0.774. The second kappa shape index (κ2) is 12.3. The van der Waals surface area contributed by atoms with Gasteiger partial charge in [-0.2, -0.15) is 35.4 Å². The van der Waals surface area contributed by atoms with Gasteiger partial charge in [0.15, 0.2) is 0 Å². The predicted octanol–water partition coefficient (Wildman–Crippen LogP) is 0.210. The Bertz CT molecular complexity index is 1100. The van der Waals surface area contributed by atoms with E-state index in [2.05, 4.69) is 97.1 Å². The van der Waals surface area contributed by atoms with Gasteiger partial charge in [0.2, 0.25) is 0 Å². The molecule has 30 heavy (non-hydrogen) atoms. The van der Waals surface area contributed by atoms with Gasteiger partial charge in [0, 0.05) is 0 Å². The molecule has 2 aliphatic rings. The maximum Gasteiger partial charge on any atom is 2.00 e. The quantitative estimate of drug-likeness (QED) is 0.260. The zero-order valence-corrected chi connectivity index (χ0v) is 22.7. The van der Waals surface area contributed by atoms with Gasteiger partial charge >= 0.3 is 52.4 Å². The predicted molar refractivity (Wildman–Crippen MR) is 109 cm³/mol. The summed E-state index contributed by atoms with van der Waals surface area (Å²) in [7, 11) is 0. The first-order valence-corrected chi connectivity index (χ1v) is 9.08. The summed E-state index contributed by atoms with van der Waals surface area (Å²) in [5.41, 5.74) is 5.38. The van der Waals surface area contributed by atoms with Gasteiger partial charge in [-0.1, -0.05) is 72.1 Å². The van der Waals surface area contributed by atoms with Gasteiger partial charge in [0.05, 0.1) is 0 Å². The van der Waals surface area contributed by atoms with Crippen LogP contribution in [0.2, 0.25) is 0 Å². The molecule has 6 rings (SSSR count). The van der Waals surface area contributed by atoms with Crippen molar-refractivity contribution in [3.63, 3.8) is 0 Å². The van der Waals surface area contributed by atoms with E-state index in [4.69, 9.17) is 0 Å². The second-order valence-corrected chi connectivity index (χ2v) is 6.75. The molecule has 2 aliphatic carbocycles. The number of benzene rings is 4. The molecule has 0 radical (unpaired) electrons. The van der Waals surface area contributed by atoms with Gasteiger partial charge in [-0.25, -0.2) is 0 Å². The van der Waals surface area contributed by atoms with Crippen LogP contribution in [0.1, 0.15) is 22.3 Å². The minimum Gasteiger partial charge on any atom is -1.00 e. The molecule has 0 amide bonds. The summed E-state index contributed by atoms with van der Waals surface area (Å²) in [6, 6.07) is 25.7. The molecular formula is C26H18Cl2Zr2. The Balaban J connectivity index is 0.000000265. The van der Waals surface area contributed by atoms with E-state index in [0.717, 1.165) is 12.8 Å². The Kier molecular flexibility index (Phi) is 11.2.